The second-order valence-corrected chi connectivity index (χ2v) is 4.11. The first-order valence-corrected chi connectivity index (χ1v) is 5.41. The molecule has 1 nitrogen and oxygen atoms in total. The highest BCUT2D eigenvalue weighted by Crippen LogP contribution is 2.23. The topological polar surface area (TPSA) is 12.9 Å². The predicted octanol–water partition coefficient (Wildman–Crippen LogP) is 4.03. The van der Waals surface area contributed by atoms with Gasteiger partial charge in [0, 0.05) is 16.6 Å². The lowest BCUT2D eigenvalue weighted by Crippen LogP contribution is -1.98. The van der Waals surface area contributed by atoms with Gasteiger partial charge in [0.2, 0.25) is 0 Å². The Labute approximate surface area is 98.9 Å². The zero-order chi connectivity index (χ0) is 11.5. The van der Waals surface area contributed by atoms with E-state index in [4.69, 9.17) is 11.6 Å². The molecule has 1 unspecified atom stereocenters. The van der Waals surface area contributed by atoms with Crippen molar-refractivity contribution in [2.24, 2.45) is 0 Å². The summed E-state index contributed by atoms with van der Waals surface area (Å²) in [5, 5.41) is 0.711. The third-order valence-electron chi connectivity index (χ3n) is 2.56. The van der Waals surface area contributed by atoms with E-state index in [0.29, 0.717) is 5.02 Å². The van der Waals surface area contributed by atoms with Crippen LogP contribution in [0.15, 0.2) is 42.6 Å². The highest BCUT2D eigenvalue weighted by molar-refractivity contribution is 6.30. The van der Waals surface area contributed by atoms with Crippen LogP contribution >= 0.6 is 11.6 Å². The largest absolute Gasteiger partial charge is 0.258 e. The molecule has 0 saturated carbocycles. The summed E-state index contributed by atoms with van der Waals surface area (Å²) in [5.41, 5.74) is 1.97. The number of rotatable bonds is 2. The monoisotopic (exact) mass is 235 g/mol. The molecule has 0 aliphatic rings. The van der Waals surface area contributed by atoms with E-state index in [0.717, 1.165) is 11.3 Å². The number of halogens is 2. The Morgan fingerprint density at radius 1 is 1.12 bits per heavy atom. The zero-order valence-electron chi connectivity index (χ0n) is 8.82. The summed E-state index contributed by atoms with van der Waals surface area (Å²) in [7, 11) is 0. The minimum Gasteiger partial charge on any atom is -0.258 e. The minimum atomic E-state index is -0.313. The van der Waals surface area contributed by atoms with Crippen molar-refractivity contribution in [3.8, 4) is 0 Å². The lowest BCUT2D eigenvalue weighted by molar-refractivity contribution is 0.618. The van der Waals surface area contributed by atoms with Crippen molar-refractivity contribution in [2.45, 2.75) is 12.8 Å². The van der Waals surface area contributed by atoms with Crippen LogP contribution in [0, 0.1) is 5.82 Å². The molecule has 3 heteroatoms. The van der Waals surface area contributed by atoms with Gasteiger partial charge in [0.25, 0.3) is 0 Å². The van der Waals surface area contributed by atoms with Crippen molar-refractivity contribution < 1.29 is 4.39 Å². The van der Waals surface area contributed by atoms with Crippen LogP contribution in [0.1, 0.15) is 24.1 Å². The number of benzene rings is 1. The van der Waals surface area contributed by atoms with Gasteiger partial charge in [0.05, 0.1) is 6.20 Å². The summed E-state index contributed by atoms with van der Waals surface area (Å²) in [5.74, 6) is -0.176. The van der Waals surface area contributed by atoms with Gasteiger partial charge in [-0.2, -0.15) is 0 Å². The van der Waals surface area contributed by atoms with Gasteiger partial charge in [0.15, 0.2) is 0 Å². The lowest BCUT2D eigenvalue weighted by atomic mass is 9.97. The van der Waals surface area contributed by atoms with Crippen LogP contribution in [0.5, 0.6) is 0 Å². The molecule has 0 aliphatic heterocycles. The summed E-state index contributed by atoms with van der Waals surface area (Å²) in [6.45, 7) is 2.03. The van der Waals surface area contributed by atoms with Gasteiger partial charge < -0.3 is 0 Å². The summed E-state index contributed by atoms with van der Waals surface area (Å²) in [4.78, 5) is 4.07. The number of aromatic nitrogens is 1. The SMILES string of the molecule is CC(c1ccc(Cl)cc1)c1ccc(F)cn1. The molecule has 16 heavy (non-hydrogen) atoms. The van der Waals surface area contributed by atoms with Gasteiger partial charge in [-0.1, -0.05) is 30.7 Å². The standard InChI is InChI=1S/C13H11ClFN/c1-9(10-2-4-11(14)5-3-10)13-7-6-12(15)8-16-13/h2-9H,1H3. The second-order valence-electron chi connectivity index (χ2n) is 3.67. The van der Waals surface area contributed by atoms with E-state index in [1.807, 2.05) is 31.2 Å². The van der Waals surface area contributed by atoms with Crippen molar-refractivity contribution in [3.05, 3.63) is 64.7 Å². The predicted molar refractivity (Wildman–Crippen MR) is 63.2 cm³/mol. The summed E-state index contributed by atoms with van der Waals surface area (Å²) in [6, 6.07) is 10.7. The molecule has 1 aromatic carbocycles. The highest BCUT2D eigenvalue weighted by atomic mass is 35.5. The van der Waals surface area contributed by atoms with Crippen molar-refractivity contribution in [1.29, 1.82) is 0 Å². The van der Waals surface area contributed by atoms with Crippen LogP contribution in [0.25, 0.3) is 0 Å². The van der Waals surface area contributed by atoms with Crippen molar-refractivity contribution >= 4 is 11.6 Å². The summed E-state index contributed by atoms with van der Waals surface area (Å²) < 4.78 is 12.7. The molecule has 0 radical (unpaired) electrons. The Hall–Kier alpha value is -1.41. The van der Waals surface area contributed by atoms with Crippen molar-refractivity contribution in [3.63, 3.8) is 0 Å². The lowest BCUT2D eigenvalue weighted by Gasteiger charge is -2.11. The van der Waals surface area contributed by atoms with Gasteiger partial charge in [-0.3, -0.25) is 4.98 Å². The average Bonchev–Trinajstić information content (AvgIpc) is 2.30. The summed E-state index contributed by atoms with van der Waals surface area (Å²) >= 11 is 5.82. The fraction of sp³-hybridized carbons (Fsp3) is 0.154. The fourth-order valence-electron chi connectivity index (χ4n) is 1.57. The van der Waals surface area contributed by atoms with Gasteiger partial charge in [-0.15, -0.1) is 0 Å². The maximum absolute atomic E-state index is 12.7. The third kappa shape index (κ3) is 2.39. The molecule has 0 fully saturated rings. The van der Waals surface area contributed by atoms with E-state index < -0.39 is 0 Å². The smallest absolute Gasteiger partial charge is 0.141 e. The van der Waals surface area contributed by atoms with Crippen molar-refractivity contribution in [1.82, 2.24) is 4.98 Å². The van der Waals surface area contributed by atoms with Crippen LogP contribution in [-0.2, 0) is 0 Å². The molecule has 1 heterocycles. The normalized spacial score (nSPS) is 12.4. The molecule has 2 aromatic rings. The Morgan fingerprint density at radius 2 is 1.81 bits per heavy atom. The molecule has 1 atom stereocenters. The maximum Gasteiger partial charge on any atom is 0.141 e. The first kappa shape index (κ1) is 11.1. The molecule has 0 aliphatic carbocycles. The van der Waals surface area contributed by atoms with Gasteiger partial charge in [-0.25, -0.2) is 4.39 Å². The molecule has 0 bridgehead atoms. The van der Waals surface area contributed by atoms with Gasteiger partial charge >= 0.3 is 0 Å². The highest BCUT2D eigenvalue weighted by Gasteiger charge is 2.09. The second kappa shape index (κ2) is 4.62. The molecule has 2 rings (SSSR count). The van der Waals surface area contributed by atoms with Gasteiger partial charge in [0.1, 0.15) is 5.82 Å². The number of pyridine rings is 1. The van der Waals surface area contributed by atoms with E-state index >= 15 is 0 Å². The van der Waals surface area contributed by atoms with Crippen molar-refractivity contribution in [2.75, 3.05) is 0 Å². The first-order chi connectivity index (χ1) is 7.66. The molecule has 0 amide bonds. The number of nitrogens with zero attached hydrogens (tertiary/aromatic N) is 1. The van der Waals surface area contributed by atoms with E-state index in [1.165, 1.54) is 12.3 Å². The number of hydrogen-bond donors (Lipinski definition) is 0. The maximum atomic E-state index is 12.7. The molecule has 1 aromatic heterocycles. The van der Waals surface area contributed by atoms with E-state index in [-0.39, 0.29) is 11.7 Å². The Morgan fingerprint density at radius 3 is 2.38 bits per heavy atom. The first-order valence-electron chi connectivity index (χ1n) is 5.04. The average molecular weight is 236 g/mol. The Bertz CT molecular complexity index is 419. The number of hydrogen-bond acceptors (Lipinski definition) is 1. The fourth-order valence-corrected chi connectivity index (χ4v) is 1.69. The minimum absolute atomic E-state index is 0.137. The molecule has 0 saturated heterocycles. The van der Waals surface area contributed by atoms with Crippen LogP contribution < -0.4 is 0 Å². The van der Waals surface area contributed by atoms with Crippen LogP contribution in [0.2, 0.25) is 5.02 Å². The molecular formula is C13H11ClFN. The van der Waals surface area contributed by atoms with Crippen LogP contribution in [0.3, 0.4) is 0 Å². The summed E-state index contributed by atoms with van der Waals surface area (Å²) in [6.07, 6.45) is 1.24. The van der Waals surface area contributed by atoms with Crippen LogP contribution in [0.4, 0.5) is 4.39 Å². The Kier molecular flexibility index (Phi) is 3.20. The van der Waals surface area contributed by atoms with E-state index in [2.05, 4.69) is 4.98 Å². The zero-order valence-corrected chi connectivity index (χ0v) is 9.58. The van der Waals surface area contributed by atoms with Gasteiger partial charge in [-0.05, 0) is 29.8 Å². The van der Waals surface area contributed by atoms with E-state index in [1.54, 1.807) is 6.07 Å². The third-order valence-corrected chi connectivity index (χ3v) is 2.82. The Balaban J connectivity index is 2.28. The molecule has 0 N–H and O–H groups in total. The quantitative estimate of drug-likeness (QED) is 0.766. The van der Waals surface area contributed by atoms with Crippen LogP contribution in [-0.4, -0.2) is 4.98 Å². The molecule has 82 valence electrons. The molecule has 0 spiro atoms. The van der Waals surface area contributed by atoms with E-state index in [9.17, 15) is 4.39 Å². The molecular weight excluding hydrogens is 225 g/mol.